The lowest BCUT2D eigenvalue weighted by Crippen LogP contribution is -2.34. The number of pyridine rings is 1. The molecule has 1 saturated heterocycles. The molecule has 0 saturated carbocycles. The van der Waals surface area contributed by atoms with E-state index in [0.29, 0.717) is 6.04 Å². The first kappa shape index (κ1) is 13.3. The molecule has 0 aliphatic carbocycles. The van der Waals surface area contributed by atoms with E-state index >= 15 is 0 Å². The highest BCUT2D eigenvalue weighted by Crippen LogP contribution is 2.30. The molecule has 1 aromatic heterocycles. The highest BCUT2D eigenvalue weighted by Gasteiger charge is 2.23. The second-order valence-electron chi connectivity index (χ2n) is 5.35. The Balaban J connectivity index is 2.16. The van der Waals surface area contributed by atoms with Crippen LogP contribution >= 0.6 is 0 Å². The maximum absolute atomic E-state index is 11.4. The van der Waals surface area contributed by atoms with Gasteiger partial charge in [-0.3, -0.25) is 9.69 Å². The fourth-order valence-corrected chi connectivity index (χ4v) is 2.81. The number of nitrogens with one attached hydrogen (secondary N) is 1. The minimum atomic E-state index is 0.0367. The molecule has 0 radical (unpaired) electrons. The quantitative estimate of drug-likeness (QED) is 0.889. The summed E-state index contributed by atoms with van der Waals surface area (Å²) >= 11 is 0. The number of unbranched alkanes of at least 4 members (excludes halogenated alkanes) is 1. The van der Waals surface area contributed by atoms with Crippen molar-refractivity contribution in [3.8, 4) is 0 Å². The van der Waals surface area contributed by atoms with Crippen molar-refractivity contribution in [1.29, 1.82) is 0 Å². The van der Waals surface area contributed by atoms with Gasteiger partial charge >= 0.3 is 0 Å². The second kappa shape index (κ2) is 6.19. The van der Waals surface area contributed by atoms with E-state index in [0.717, 1.165) is 5.56 Å². The van der Waals surface area contributed by atoms with Gasteiger partial charge in [0, 0.05) is 17.8 Å². The van der Waals surface area contributed by atoms with Gasteiger partial charge in [0.1, 0.15) is 0 Å². The molecule has 1 aliphatic heterocycles. The average molecular weight is 248 g/mol. The van der Waals surface area contributed by atoms with Crippen LogP contribution in [0.3, 0.4) is 0 Å². The van der Waals surface area contributed by atoms with Gasteiger partial charge in [-0.1, -0.05) is 19.8 Å². The minimum absolute atomic E-state index is 0.0367. The topological polar surface area (TPSA) is 36.1 Å². The van der Waals surface area contributed by atoms with Crippen LogP contribution in [0.5, 0.6) is 0 Å². The van der Waals surface area contributed by atoms with Crippen molar-refractivity contribution in [2.45, 2.75) is 52.0 Å². The number of hydrogen-bond donors (Lipinski definition) is 1. The van der Waals surface area contributed by atoms with Crippen molar-refractivity contribution in [3.63, 3.8) is 0 Å². The third-order valence-corrected chi connectivity index (χ3v) is 3.91. The van der Waals surface area contributed by atoms with Crippen LogP contribution < -0.4 is 5.56 Å². The molecule has 18 heavy (non-hydrogen) atoms. The third kappa shape index (κ3) is 3.02. The number of piperidine rings is 1. The molecule has 100 valence electrons. The lowest BCUT2D eigenvalue weighted by atomic mass is 9.95. The Morgan fingerprint density at radius 3 is 3.00 bits per heavy atom. The number of likely N-dealkylation sites (tertiary alicyclic amines) is 1. The fourth-order valence-electron chi connectivity index (χ4n) is 2.81. The third-order valence-electron chi connectivity index (χ3n) is 3.91. The number of nitrogens with zero attached hydrogens (tertiary/aromatic N) is 1. The maximum Gasteiger partial charge on any atom is 0.250 e. The molecule has 0 aromatic carbocycles. The van der Waals surface area contributed by atoms with Crippen molar-refractivity contribution in [1.82, 2.24) is 9.88 Å². The Hall–Kier alpha value is -1.09. The first-order valence-electron chi connectivity index (χ1n) is 7.15. The van der Waals surface area contributed by atoms with E-state index in [-0.39, 0.29) is 5.56 Å². The molecule has 1 unspecified atom stereocenters. The average Bonchev–Trinajstić information content (AvgIpc) is 2.40. The first-order chi connectivity index (χ1) is 8.72. The summed E-state index contributed by atoms with van der Waals surface area (Å²) in [6.45, 7) is 6.51. The zero-order valence-corrected chi connectivity index (χ0v) is 11.5. The van der Waals surface area contributed by atoms with E-state index in [1.807, 2.05) is 13.1 Å². The molecule has 1 atom stereocenters. The molecule has 0 spiro atoms. The predicted octanol–water partition coefficient (Wildman–Crippen LogP) is 3.01. The molecule has 3 nitrogen and oxygen atoms in total. The number of aryl methyl sites for hydroxylation is 1. The molecule has 1 aromatic rings. The molecule has 2 rings (SSSR count). The summed E-state index contributed by atoms with van der Waals surface area (Å²) in [7, 11) is 0. The summed E-state index contributed by atoms with van der Waals surface area (Å²) in [4.78, 5) is 16.9. The minimum Gasteiger partial charge on any atom is -0.329 e. The highest BCUT2D eigenvalue weighted by molar-refractivity contribution is 5.20. The van der Waals surface area contributed by atoms with Crippen molar-refractivity contribution in [3.05, 3.63) is 33.7 Å². The zero-order chi connectivity index (χ0) is 13.0. The highest BCUT2D eigenvalue weighted by atomic mass is 16.1. The number of aromatic amines is 1. The molecule has 1 N–H and O–H groups in total. The smallest absolute Gasteiger partial charge is 0.250 e. The normalized spacial score (nSPS) is 21.1. The van der Waals surface area contributed by atoms with Crippen molar-refractivity contribution in [2.24, 2.45) is 0 Å². The van der Waals surface area contributed by atoms with E-state index in [1.54, 1.807) is 0 Å². The molecule has 0 amide bonds. The Morgan fingerprint density at radius 1 is 1.44 bits per heavy atom. The van der Waals surface area contributed by atoms with Crippen molar-refractivity contribution in [2.75, 3.05) is 13.1 Å². The van der Waals surface area contributed by atoms with E-state index in [1.165, 1.54) is 50.8 Å². The largest absolute Gasteiger partial charge is 0.329 e. The summed E-state index contributed by atoms with van der Waals surface area (Å²) in [6.07, 6.45) is 8.24. The molecule has 1 aliphatic rings. The zero-order valence-electron chi connectivity index (χ0n) is 11.5. The lowest BCUT2D eigenvalue weighted by Gasteiger charge is -2.36. The maximum atomic E-state index is 11.4. The van der Waals surface area contributed by atoms with Gasteiger partial charge < -0.3 is 4.98 Å². The summed E-state index contributed by atoms with van der Waals surface area (Å²) in [6, 6.07) is 2.56. The monoisotopic (exact) mass is 248 g/mol. The van der Waals surface area contributed by atoms with Crippen LogP contribution in [0.15, 0.2) is 17.1 Å². The Kier molecular flexibility index (Phi) is 4.59. The Morgan fingerprint density at radius 2 is 2.28 bits per heavy atom. The van der Waals surface area contributed by atoms with Gasteiger partial charge in [0.15, 0.2) is 0 Å². The van der Waals surface area contributed by atoms with E-state index < -0.39 is 0 Å². The van der Waals surface area contributed by atoms with Crippen LogP contribution in [0.4, 0.5) is 0 Å². The van der Waals surface area contributed by atoms with Gasteiger partial charge in [0.05, 0.1) is 0 Å². The SMILES string of the molecule is CCCCN1CCCCC1c1c[nH]c(=O)c(C)c1. The van der Waals surface area contributed by atoms with Gasteiger partial charge in [0.25, 0.3) is 5.56 Å². The van der Waals surface area contributed by atoms with Gasteiger partial charge in [-0.05, 0) is 50.9 Å². The number of rotatable bonds is 4. The molecule has 3 heteroatoms. The summed E-state index contributed by atoms with van der Waals surface area (Å²) in [5, 5.41) is 0. The lowest BCUT2D eigenvalue weighted by molar-refractivity contribution is 0.146. The van der Waals surface area contributed by atoms with Crippen LogP contribution in [-0.4, -0.2) is 23.0 Å². The summed E-state index contributed by atoms with van der Waals surface area (Å²) in [5.41, 5.74) is 2.14. The van der Waals surface area contributed by atoms with Crippen LogP contribution in [0.2, 0.25) is 0 Å². The Labute approximate surface area is 109 Å². The van der Waals surface area contributed by atoms with Gasteiger partial charge in [-0.25, -0.2) is 0 Å². The van der Waals surface area contributed by atoms with Crippen LogP contribution in [0.25, 0.3) is 0 Å². The van der Waals surface area contributed by atoms with Gasteiger partial charge in [-0.15, -0.1) is 0 Å². The summed E-state index contributed by atoms with van der Waals surface area (Å²) < 4.78 is 0. The van der Waals surface area contributed by atoms with Crippen LogP contribution in [0.1, 0.15) is 56.2 Å². The number of H-pyrrole nitrogens is 1. The van der Waals surface area contributed by atoms with Crippen LogP contribution in [-0.2, 0) is 0 Å². The first-order valence-corrected chi connectivity index (χ1v) is 7.15. The molecule has 0 bridgehead atoms. The predicted molar refractivity (Wildman–Crippen MR) is 74.9 cm³/mol. The van der Waals surface area contributed by atoms with Crippen molar-refractivity contribution >= 4 is 0 Å². The van der Waals surface area contributed by atoms with Gasteiger partial charge in [0.2, 0.25) is 0 Å². The second-order valence-corrected chi connectivity index (χ2v) is 5.35. The number of aromatic nitrogens is 1. The van der Waals surface area contributed by atoms with E-state index in [4.69, 9.17) is 0 Å². The van der Waals surface area contributed by atoms with Gasteiger partial charge in [-0.2, -0.15) is 0 Å². The van der Waals surface area contributed by atoms with Crippen LogP contribution in [0, 0.1) is 6.92 Å². The Bertz CT molecular complexity index is 438. The van der Waals surface area contributed by atoms with E-state index in [2.05, 4.69) is 22.9 Å². The standard InChI is InChI=1S/C15H24N2O/c1-3-4-8-17-9-6-5-7-14(17)13-10-12(2)15(18)16-11-13/h10-11,14H,3-9H2,1-2H3,(H,16,18). The summed E-state index contributed by atoms with van der Waals surface area (Å²) in [5.74, 6) is 0. The molecule has 2 heterocycles. The van der Waals surface area contributed by atoms with E-state index in [9.17, 15) is 4.79 Å². The fraction of sp³-hybridized carbons (Fsp3) is 0.667. The van der Waals surface area contributed by atoms with Crippen molar-refractivity contribution < 1.29 is 0 Å². The molecular weight excluding hydrogens is 224 g/mol. The molecule has 1 fully saturated rings. The molecular formula is C15H24N2O. The number of hydrogen-bond acceptors (Lipinski definition) is 2.